The lowest BCUT2D eigenvalue weighted by molar-refractivity contribution is -0.129. The molecule has 0 bridgehead atoms. The molecule has 1 aliphatic rings. The molecule has 1 saturated heterocycles. The van der Waals surface area contributed by atoms with Crippen LogP contribution in [0.4, 0.5) is 0 Å². The van der Waals surface area contributed by atoms with Gasteiger partial charge in [0.15, 0.2) is 0 Å². The van der Waals surface area contributed by atoms with E-state index in [1.807, 2.05) is 23.1 Å². The summed E-state index contributed by atoms with van der Waals surface area (Å²) in [7, 11) is 0. The minimum Gasteiger partial charge on any atom is -0.340 e. The van der Waals surface area contributed by atoms with Crippen molar-refractivity contribution in [2.75, 3.05) is 18.8 Å². The van der Waals surface area contributed by atoms with Gasteiger partial charge in [-0.15, -0.1) is 36.6 Å². The average molecular weight is 338 g/mol. The summed E-state index contributed by atoms with van der Waals surface area (Å²) in [5.74, 6) is 1.50. The Morgan fingerprint density at radius 2 is 2.25 bits per heavy atom. The maximum absolute atomic E-state index is 12.0. The Morgan fingerprint density at radius 1 is 1.45 bits per heavy atom. The monoisotopic (exact) mass is 337 g/mol. The van der Waals surface area contributed by atoms with E-state index in [1.165, 1.54) is 0 Å². The van der Waals surface area contributed by atoms with Crippen LogP contribution in [-0.2, 0) is 10.5 Å². The molecule has 4 nitrogen and oxygen atoms in total. The summed E-state index contributed by atoms with van der Waals surface area (Å²) in [6, 6.07) is 6.00. The van der Waals surface area contributed by atoms with Gasteiger partial charge < -0.3 is 10.6 Å². The molecule has 2 heterocycles. The first-order valence-electron chi connectivity index (χ1n) is 6.26. The van der Waals surface area contributed by atoms with Gasteiger partial charge in [0.05, 0.1) is 11.4 Å². The van der Waals surface area contributed by atoms with Gasteiger partial charge in [0.2, 0.25) is 5.91 Å². The molecule has 0 aromatic carbocycles. The standard InChI is InChI=1S/C13H19N3OS.2ClH/c14-11-4-3-7-16(8-11)13(17)10-18-9-12-5-1-2-6-15-12;;/h1-2,5-6,11H,3-4,7-10,14H2;2*1H. The van der Waals surface area contributed by atoms with Gasteiger partial charge in [-0.1, -0.05) is 6.07 Å². The molecule has 0 spiro atoms. The molecule has 114 valence electrons. The van der Waals surface area contributed by atoms with Crippen LogP contribution in [-0.4, -0.2) is 40.7 Å². The van der Waals surface area contributed by atoms with Crippen molar-refractivity contribution >= 4 is 42.5 Å². The smallest absolute Gasteiger partial charge is 0.232 e. The van der Waals surface area contributed by atoms with Crippen molar-refractivity contribution in [2.24, 2.45) is 5.73 Å². The van der Waals surface area contributed by atoms with Crippen LogP contribution < -0.4 is 5.73 Å². The van der Waals surface area contributed by atoms with E-state index < -0.39 is 0 Å². The van der Waals surface area contributed by atoms with E-state index in [0.29, 0.717) is 12.3 Å². The summed E-state index contributed by atoms with van der Waals surface area (Å²) in [6.07, 6.45) is 3.84. The zero-order chi connectivity index (χ0) is 12.8. The second-order valence-electron chi connectivity index (χ2n) is 4.56. The lowest BCUT2D eigenvalue weighted by Gasteiger charge is -2.30. The predicted molar refractivity (Wildman–Crippen MR) is 88.7 cm³/mol. The average Bonchev–Trinajstić information content (AvgIpc) is 2.40. The molecule has 20 heavy (non-hydrogen) atoms. The second kappa shape index (κ2) is 10.3. The van der Waals surface area contributed by atoms with Crippen molar-refractivity contribution in [3.05, 3.63) is 30.1 Å². The Balaban J connectivity index is 0.00000180. The fraction of sp³-hybridized carbons (Fsp3) is 0.538. The van der Waals surface area contributed by atoms with Crippen LogP contribution >= 0.6 is 36.6 Å². The zero-order valence-electron chi connectivity index (χ0n) is 11.2. The van der Waals surface area contributed by atoms with E-state index in [9.17, 15) is 4.79 Å². The summed E-state index contributed by atoms with van der Waals surface area (Å²) in [6.45, 7) is 1.57. The topological polar surface area (TPSA) is 59.2 Å². The molecule has 1 aromatic rings. The highest BCUT2D eigenvalue weighted by Gasteiger charge is 2.20. The van der Waals surface area contributed by atoms with Gasteiger partial charge in [-0.3, -0.25) is 9.78 Å². The summed E-state index contributed by atoms with van der Waals surface area (Å²) in [5, 5.41) is 0. The van der Waals surface area contributed by atoms with Gasteiger partial charge in [0.25, 0.3) is 0 Å². The normalized spacial score (nSPS) is 17.9. The van der Waals surface area contributed by atoms with Gasteiger partial charge in [-0.2, -0.15) is 0 Å². The maximum atomic E-state index is 12.0. The Morgan fingerprint density at radius 3 is 2.90 bits per heavy atom. The highest BCUT2D eigenvalue weighted by atomic mass is 35.5. The summed E-state index contributed by atoms with van der Waals surface area (Å²) in [5.41, 5.74) is 6.89. The maximum Gasteiger partial charge on any atom is 0.232 e. The van der Waals surface area contributed by atoms with Gasteiger partial charge in [0.1, 0.15) is 0 Å². The van der Waals surface area contributed by atoms with Crippen molar-refractivity contribution in [1.29, 1.82) is 0 Å². The third kappa shape index (κ3) is 6.31. The molecule has 0 saturated carbocycles. The SMILES string of the molecule is Cl.Cl.NC1CCCN(C(=O)CSCc2ccccn2)C1. The summed E-state index contributed by atoms with van der Waals surface area (Å²) < 4.78 is 0. The van der Waals surface area contributed by atoms with Crippen LogP contribution in [0.3, 0.4) is 0 Å². The molecule has 7 heteroatoms. The van der Waals surface area contributed by atoms with Crippen LogP contribution in [0.1, 0.15) is 18.5 Å². The molecule has 1 fully saturated rings. The molecule has 2 N–H and O–H groups in total. The molecule has 1 atom stereocenters. The van der Waals surface area contributed by atoms with Crippen LogP contribution in [0.5, 0.6) is 0 Å². The molecule has 0 aliphatic carbocycles. The first-order chi connectivity index (χ1) is 8.75. The highest BCUT2D eigenvalue weighted by Crippen LogP contribution is 2.13. The molecule has 1 aliphatic heterocycles. The van der Waals surface area contributed by atoms with E-state index in [1.54, 1.807) is 18.0 Å². The van der Waals surface area contributed by atoms with E-state index >= 15 is 0 Å². The first kappa shape index (κ1) is 19.5. The van der Waals surface area contributed by atoms with Crippen molar-refractivity contribution in [2.45, 2.75) is 24.6 Å². The number of hydrogen-bond donors (Lipinski definition) is 1. The van der Waals surface area contributed by atoms with E-state index in [2.05, 4.69) is 4.98 Å². The number of amides is 1. The highest BCUT2D eigenvalue weighted by molar-refractivity contribution is 7.99. The fourth-order valence-electron chi connectivity index (χ4n) is 2.05. The second-order valence-corrected chi connectivity index (χ2v) is 5.54. The molecule has 1 unspecified atom stereocenters. The minimum absolute atomic E-state index is 0. The van der Waals surface area contributed by atoms with Gasteiger partial charge >= 0.3 is 0 Å². The molecule has 1 aromatic heterocycles. The number of hydrogen-bond acceptors (Lipinski definition) is 4. The van der Waals surface area contributed by atoms with E-state index in [4.69, 9.17) is 5.73 Å². The number of piperidine rings is 1. The Bertz CT molecular complexity index is 394. The summed E-state index contributed by atoms with van der Waals surface area (Å²) in [4.78, 5) is 18.1. The number of halogens is 2. The molecule has 2 rings (SSSR count). The number of nitrogens with zero attached hydrogens (tertiary/aromatic N) is 2. The third-order valence-corrected chi connectivity index (χ3v) is 3.96. The van der Waals surface area contributed by atoms with E-state index in [-0.39, 0.29) is 36.8 Å². The van der Waals surface area contributed by atoms with E-state index in [0.717, 1.165) is 30.8 Å². The van der Waals surface area contributed by atoms with Crippen LogP contribution in [0, 0.1) is 0 Å². The fourth-order valence-corrected chi connectivity index (χ4v) is 2.89. The Kier molecular flexibility index (Phi) is 10.0. The molecule has 1 amide bonds. The largest absolute Gasteiger partial charge is 0.340 e. The number of carbonyl (C=O) groups excluding carboxylic acids is 1. The Hall–Kier alpha value is -0.490. The molecular formula is C13H21Cl2N3OS. The lowest BCUT2D eigenvalue weighted by Crippen LogP contribution is -2.46. The number of likely N-dealkylation sites (tertiary alicyclic amines) is 1. The van der Waals surface area contributed by atoms with Gasteiger partial charge in [-0.25, -0.2) is 0 Å². The van der Waals surface area contributed by atoms with Crippen molar-refractivity contribution < 1.29 is 4.79 Å². The molecular weight excluding hydrogens is 317 g/mol. The number of pyridine rings is 1. The van der Waals surface area contributed by atoms with Crippen LogP contribution in [0.2, 0.25) is 0 Å². The first-order valence-corrected chi connectivity index (χ1v) is 7.42. The number of nitrogens with two attached hydrogens (primary N) is 1. The van der Waals surface area contributed by atoms with Crippen LogP contribution in [0.15, 0.2) is 24.4 Å². The van der Waals surface area contributed by atoms with Crippen molar-refractivity contribution in [1.82, 2.24) is 9.88 Å². The minimum atomic E-state index is 0. The van der Waals surface area contributed by atoms with Crippen LogP contribution in [0.25, 0.3) is 0 Å². The number of aromatic nitrogens is 1. The summed E-state index contributed by atoms with van der Waals surface area (Å²) >= 11 is 1.61. The zero-order valence-corrected chi connectivity index (χ0v) is 13.7. The number of thioether (sulfide) groups is 1. The molecule has 0 radical (unpaired) electrons. The predicted octanol–water partition coefficient (Wildman–Crippen LogP) is 2.11. The third-order valence-electron chi connectivity index (χ3n) is 3.01. The lowest BCUT2D eigenvalue weighted by atomic mass is 10.1. The van der Waals surface area contributed by atoms with Crippen molar-refractivity contribution in [3.8, 4) is 0 Å². The Labute approximate surface area is 136 Å². The van der Waals surface area contributed by atoms with Gasteiger partial charge in [-0.05, 0) is 25.0 Å². The van der Waals surface area contributed by atoms with Crippen molar-refractivity contribution in [3.63, 3.8) is 0 Å². The number of rotatable bonds is 4. The number of carbonyl (C=O) groups is 1. The quantitative estimate of drug-likeness (QED) is 0.913. The van der Waals surface area contributed by atoms with Gasteiger partial charge in [0, 0.05) is 31.1 Å².